The van der Waals surface area contributed by atoms with E-state index in [0.717, 1.165) is 31.4 Å². The number of nitrogens with zero attached hydrogens (tertiary/aromatic N) is 2. The largest absolute Gasteiger partial charge is 0.393 e. The van der Waals surface area contributed by atoms with Gasteiger partial charge in [-0.1, -0.05) is 26.2 Å². The lowest BCUT2D eigenvalue weighted by Crippen LogP contribution is -2.21. The Morgan fingerprint density at radius 3 is 2.94 bits per heavy atom. The van der Waals surface area contributed by atoms with E-state index in [-0.39, 0.29) is 6.10 Å². The first kappa shape index (κ1) is 13.6. The minimum Gasteiger partial charge on any atom is -0.393 e. The molecule has 1 aliphatic carbocycles. The van der Waals surface area contributed by atoms with Crippen molar-refractivity contribution >= 4 is 0 Å². The molecule has 2 rings (SSSR count). The number of aliphatic hydroxyl groups is 1. The molecule has 1 fully saturated rings. The second-order valence-electron chi connectivity index (χ2n) is 5.71. The summed E-state index contributed by atoms with van der Waals surface area (Å²) >= 11 is 0. The SMILES string of the molecule is CCC(C)n1ccc(CC2CCCCCC2O)n1. The second kappa shape index (κ2) is 6.37. The Kier molecular flexibility index (Phi) is 4.81. The van der Waals surface area contributed by atoms with Gasteiger partial charge in [-0.3, -0.25) is 4.68 Å². The lowest BCUT2D eigenvalue weighted by atomic mass is 9.92. The molecule has 3 nitrogen and oxygen atoms in total. The van der Waals surface area contributed by atoms with Crippen LogP contribution < -0.4 is 0 Å². The monoisotopic (exact) mass is 250 g/mol. The Morgan fingerprint density at radius 1 is 1.39 bits per heavy atom. The van der Waals surface area contributed by atoms with Crippen LogP contribution in [0.15, 0.2) is 12.3 Å². The van der Waals surface area contributed by atoms with Crippen molar-refractivity contribution in [1.82, 2.24) is 9.78 Å². The zero-order valence-electron chi connectivity index (χ0n) is 11.7. The van der Waals surface area contributed by atoms with E-state index in [1.807, 2.05) is 0 Å². The van der Waals surface area contributed by atoms with Crippen molar-refractivity contribution < 1.29 is 5.11 Å². The summed E-state index contributed by atoms with van der Waals surface area (Å²) in [5, 5.41) is 14.8. The molecular formula is C15H26N2O. The summed E-state index contributed by atoms with van der Waals surface area (Å²) in [5.41, 5.74) is 1.14. The third kappa shape index (κ3) is 3.35. The summed E-state index contributed by atoms with van der Waals surface area (Å²) in [6.07, 6.45) is 9.82. The smallest absolute Gasteiger partial charge is 0.0628 e. The van der Waals surface area contributed by atoms with E-state index in [4.69, 9.17) is 0 Å². The first-order valence-corrected chi connectivity index (χ1v) is 7.42. The number of aromatic nitrogens is 2. The number of hydrogen-bond acceptors (Lipinski definition) is 2. The fraction of sp³-hybridized carbons (Fsp3) is 0.800. The molecule has 0 aromatic carbocycles. The fourth-order valence-electron chi connectivity index (χ4n) is 2.79. The lowest BCUT2D eigenvalue weighted by Gasteiger charge is -2.19. The van der Waals surface area contributed by atoms with Crippen molar-refractivity contribution in [2.24, 2.45) is 5.92 Å². The zero-order chi connectivity index (χ0) is 13.0. The van der Waals surface area contributed by atoms with Gasteiger partial charge in [-0.15, -0.1) is 0 Å². The van der Waals surface area contributed by atoms with Crippen LogP contribution in [-0.4, -0.2) is 21.0 Å². The van der Waals surface area contributed by atoms with Gasteiger partial charge in [0.15, 0.2) is 0 Å². The van der Waals surface area contributed by atoms with E-state index >= 15 is 0 Å². The van der Waals surface area contributed by atoms with E-state index in [1.54, 1.807) is 0 Å². The maximum absolute atomic E-state index is 10.1. The van der Waals surface area contributed by atoms with Crippen LogP contribution in [-0.2, 0) is 6.42 Å². The summed E-state index contributed by atoms with van der Waals surface area (Å²) in [5.74, 6) is 0.410. The molecule has 3 heteroatoms. The van der Waals surface area contributed by atoms with Gasteiger partial charge in [0, 0.05) is 12.2 Å². The van der Waals surface area contributed by atoms with Gasteiger partial charge in [-0.05, 0) is 44.6 Å². The molecular weight excluding hydrogens is 224 g/mol. The Morgan fingerprint density at radius 2 is 2.17 bits per heavy atom. The van der Waals surface area contributed by atoms with Crippen molar-refractivity contribution in [2.75, 3.05) is 0 Å². The molecule has 1 aliphatic rings. The Hall–Kier alpha value is -0.830. The molecule has 1 saturated carbocycles. The predicted molar refractivity (Wildman–Crippen MR) is 73.5 cm³/mol. The summed E-state index contributed by atoms with van der Waals surface area (Å²) < 4.78 is 2.05. The molecule has 0 bridgehead atoms. The van der Waals surface area contributed by atoms with Crippen molar-refractivity contribution in [1.29, 1.82) is 0 Å². The van der Waals surface area contributed by atoms with Gasteiger partial charge in [-0.2, -0.15) is 5.10 Å². The summed E-state index contributed by atoms with van der Waals surface area (Å²) in [6.45, 7) is 4.37. The molecule has 1 N–H and O–H groups in total. The average Bonchev–Trinajstić information content (AvgIpc) is 2.75. The molecule has 1 aromatic rings. The maximum atomic E-state index is 10.1. The van der Waals surface area contributed by atoms with Gasteiger partial charge in [0.25, 0.3) is 0 Å². The Labute approximate surface area is 110 Å². The minimum absolute atomic E-state index is 0.124. The highest BCUT2D eigenvalue weighted by molar-refractivity contribution is 5.02. The molecule has 0 amide bonds. The molecule has 0 saturated heterocycles. The van der Waals surface area contributed by atoms with Crippen molar-refractivity contribution in [3.63, 3.8) is 0 Å². The van der Waals surface area contributed by atoms with Crippen LogP contribution in [0.1, 0.15) is 64.1 Å². The van der Waals surface area contributed by atoms with Crippen LogP contribution in [0.2, 0.25) is 0 Å². The van der Waals surface area contributed by atoms with Gasteiger partial charge in [0.1, 0.15) is 0 Å². The first-order valence-electron chi connectivity index (χ1n) is 7.42. The van der Waals surface area contributed by atoms with Crippen molar-refractivity contribution in [2.45, 2.75) is 70.9 Å². The average molecular weight is 250 g/mol. The normalized spacial score (nSPS) is 26.8. The van der Waals surface area contributed by atoms with Gasteiger partial charge < -0.3 is 5.11 Å². The summed E-state index contributed by atoms with van der Waals surface area (Å²) in [7, 11) is 0. The van der Waals surface area contributed by atoms with E-state index in [2.05, 4.69) is 35.9 Å². The third-order valence-electron chi connectivity index (χ3n) is 4.30. The predicted octanol–water partition coefficient (Wildman–Crippen LogP) is 3.34. The fourth-order valence-corrected chi connectivity index (χ4v) is 2.79. The van der Waals surface area contributed by atoms with Crippen molar-refractivity contribution in [3.8, 4) is 0 Å². The molecule has 18 heavy (non-hydrogen) atoms. The van der Waals surface area contributed by atoms with Gasteiger partial charge in [0.2, 0.25) is 0 Å². The number of aliphatic hydroxyl groups excluding tert-OH is 1. The van der Waals surface area contributed by atoms with E-state index < -0.39 is 0 Å². The van der Waals surface area contributed by atoms with Crippen LogP contribution in [0.4, 0.5) is 0 Å². The summed E-state index contributed by atoms with van der Waals surface area (Å²) in [6, 6.07) is 2.59. The van der Waals surface area contributed by atoms with Gasteiger partial charge >= 0.3 is 0 Å². The molecule has 3 unspecified atom stereocenters. The molecule has 3 atom stereocenters. The molecule has 102 valence electrons. The van der Waals surface area contributed by atoms with E-state index in [9.17, 15) is 5.11 Å². The van der Waals surface area contributed by atoms with Crippen molar-refractivity contribution in [3.05, 3.63) is 18.0 Å². The Balaban J connectivity index is 1.97. The molecule has 0 radical (unpaired) electrons. The van der Waals surface area contributed by atoms with Crippen LogP contribution in [0, 0.1) is 5.92 Å². The van der Waals surface area contributed by atoms with E-state index in [0.29, 0.717) is 12.0 Å². The van der Waals surface area contributed by atoms with Crippen LogP contribution in [0.5, 0.6) is 0 Å². The maximum Gasteiger partial charge on any atom is 0.0628 e. The van der Waals surface area contributed by atoms with Gasteiger partial charge in [-0.25, -0.2) is 0 Å². The number of rotatable bonds is 4. The molecule has 1 heterocycles. The third-order valence-corrected chi connectivity index (χ3v) is 4.30. The Bertz CT molecular complexity index is 361. The first-order chi connectivity index (χ1) is 8.70. The molecule has 1 aromatic heterocycles. The molecule has 0 spiro atoms. The highest BCUT2D eigenvalue weighted by atomic mass is 16.3. The quantitative estimate of drug-likeness (QED) is 0.832. The minimum atomic E-state index is -0.124. The second-order valence-corrected chi connectivity index (χ2v) is 5.71. The van der Waals surface area contributed by atoms with Crippen LogP contribution in [0.25, 0.3) is 0 Å². The summed E-state index contributed by atoms with van der Waals surface area (Å²) in [4.78, 5) is 0. The van der Waals surface area contributed by atoms with Gasteiger partial charge in [0.05, 0.1) is 11.8 Å². The van der Waals surface area contributed by atoms with E-state index in [1.165, 1.54) is 19.3 Å². The highest BCUT2D eigenvalue weighted by Gasteiger charge is 2.22. The lowest BCUT2D eigenvalue weighted by molar-refractivity contribution is 0.1000. The number of hydrogen-bond donors (Lipinski definition) is 1. The van der Waals surface area contributed by atoms with Crippen LogP contribution in [0.3, 0.4) is 0 Å². The zero-order valence-corrected chi connectivity index (χ0v) is 11.7. The van der Waals surface area contributed by atoms with Crippen LogP contribution >= 0.6 is 0 Å². The molecule has 0 aliphatic heterocycles. The highest BCUT2D eigenvalue weighted by Crippen LogP contribution is 2.26. The standard InChI is InChI=1S/C15H26N2O/c1-3-12(2)17-10-9-14(16-17)11-13-7-5-4-6-8-15(13)18/h9-10,12-13,15,18H,3-8,11H2,1-2H3. The topological polar surface area (TPSA) is 38.0 Å².